The predicted molar refractivity (Wildman–Crippen MR) is 54.9 cm³/mol. The SMILES string of the molecule is Nc1nc(-c2ccc(=S)[nH]c2)ns1. The lowest BCUT2D eigenvalue weighted by molar-refractivity contribution is 1.26. The van der Waals surface area contributed by atoms with Crippen molar-refractivity contribution >= 4 is 28.9 Å². The van der Waals surface area contributed by atoms with Crippen molar-refractivity contribution in [3.05, 3.63) is 23.0 Å². The maximum Gasteiger partial charge on any atom is 0.200 e. The molecule has 0 radical (unpaired) electrons. The Labute approximate surface area is 83.6 Å². The fourth-order valence-corrected chi connectivity index (χ4v) is 1.48. The number of rotatable bonds is 1. The minimum Gasteiger partial charge on any atom is -0.374 e. The molecule has 2 aromatic rings. The molecular formula is C7H6N4S2. The predicted octanol–water partition coefficient (Wildman–Crippen LogP) is 1.84. The van der Waals surface area contributed by atoms with Crippen LogP contribution >= 0.6 is 23.8 Å². The number of nitrogens with zero attached hydrogens (tertiary/aromatic N) is 2. The first-order chi connectivity index (χ1) is 6.25. The molecule has 0 fully saturated rings. The molecule has 66 valence electrons. The van der Waals surface area contributed by atoms with Crippen molar-refractivity contribution in [2.24, 2.45) is 0 Å². The molecule has 0 saturated carbocycles. The third kappa shape index (κ3) is 1.73. The average Bonchev–Trinajstić information content (AvgIpc) is 2.53. The van der Waals surface area contributed by atoms with Crippen molar-refractivity contribution in [1.29, 1.82) is 0 Å². The number of aromatic nitrogens is 3. The molecule has 0 saturated heterocycles. The summed E-state index contributed by atoms with van der Waals surface area (Å²) in [6.45, 7) is 0. The second kappa shape index (κ2) is 3.23. The fraction of sp³-hybridized carbons (Fsp3) is 0. The van der Waals surface area contributed by atoms with Gasteiger partial charge in [0.25, 0.3) is 0 Å². The summed E-state index contributed by atoms with van der Waals surface area (Å²) in [5, 5.41) is 0.470. The first-order valence-corrected chi connectivity index (χ1v) is 4.72. The highest BCUT2D eigenvalue weighted by Gasteiger charge is 2.02. The smallest absolute Gasteiger partial charge is 0.200 e. The van der Waals surface area contributed by atoms with Gasteiger partial charge in [-0.05, 0) is 12.1 Å². The van der Waals surface area contributed by atoms with Crippen LogP contribution in [0.5, 0.6) is 0 Å². The van der Waals surface area contributed by atoms with Gasteiger partial charge in [0.05, 0.1) is 0 Å². The molecule has 0 atom stereocenters. The monoisotopic (exact) mass is 210 g/mol. The van der Waals surface area contributed by atoms with Gasteiger partial charge < -0.3 is 10.7 Å². The van der Waals surface area contributed by atoms with Gasteiger partial charge in [-0.25, -0.2) is 0 Å². The van der Waals surface area contributed by atoms with E-state index in [1.807, 2.05) is 6.07 Å². The number of nitrogens with one attached hydrogen (secondary N) is 1. The molecule has 0 aromatic carbocycles. The number of anilines is 1. The van der Waals surface area contributed by atoms with Gasteiger partial charge in [-0.2, -0.15) is 9.36 Å². The molecule has 6 heteroatoms. The zero-order valence-corrected chi connectivity index (χ0v) is 8.15. The third-order valence-electron chi connectivity index (χ3n) is 1.48. The van der Waals surface area contributed by atoms with E-state index in [2.05, 4.69) is 14.3 Å². The number of nitrogens with two attached hydrogens (primary N) is 1. The van der Waals surface area contributed by atoms with E-state index in [4.69, 9.17) is 18.0 Å². The lowest BCUT2D eigenvalue weighted by Crippen LogP contribution is -1.84. The highest BCUT2D eigenvalue weighted by molar-refractivity contribution is 7.71. The Morgan fingerprint density at radius 1 is 1.46 bits per heavy atom. The largest absolute Gasteiger partial charge is 0.374 e. The van der Waals surface area contributed by atoms with E-state index in [0.717, 1.165) is 5.56 Å². The molecule has 3 N–H and O–H groups in total. The van der Waals surface area contributed by atoms with Gasteiger partial charge in [0.1, 0.15) is 4.64 Å². The van der Waals surface area contributed by atoms with Crippen LogP contribution in [0.15, 0.2) is 18.3 Å². The Hall–Kier alpha value is -1.27. The Bertz CT molecular complexity index is 453. The van der Waals surface area contributed by atoms with Crippen LogP contribution in [0.2, 0.25) is 0 Å². The first-order valence-electron chi connectivity index (χ1n) is 3.54. The van der Waals surface area contributed by atoms with Gasteiger partial charge in [0, 0.05) is 23.3 Å². The Balaban J connectivity index is 2.47. The summed E-state index contributed by atoms with van der Waals surface area (Å²) in [4.78, 5) is 6.95. The molecule has 2 heterocycles. The highest BCUT2D eigenvalue weighted by atomic mass is 32.1. The second-order valence-corrected chi connectivity index (χ2v) is 3.62. The molecule has 0 aliphatic carbocycles. The van der Waals surface area contributed by atoms with Gasteiger partial charge in [-0.15, -0.1) is 0 Å². The third-order valence-corrected chi connectivity index (χ3v) is 2.28. The topological polar surface area (TPSA) is 67.6 Å². The van der Waals surface area contributed by atoms with Crippen molar-refractivity contribution in [2.75, 3.05) is 5.73 Å². The van der Waals surface area contributed by atoms with Crippen LogP contribution in [-0.4, -0.2) is 14.3 Å². The Morgan fingerprint density at radius 2 is 2.31 bits per heavy atom. The Morgan fingerprint density at radius 3 is 2.85 bits per heavy atom. The molecule has 13 heavy (non-hydrogen) atoms. The summed E-state index contributed by atoms with van der Waals surface area (Å²) in [6, 6.07) is 3.65. The normalized spacial score (nSPS) is 10.2. The van der Waals surface area contributed by atoms with Gasteiger partial charge in [-0.1, -0.05) is 12.2 Å². The number of aromatic amines is 1. The van der Waals surface area contributed by atoms with E-state index in [1.54, 1.807) is 12.3 Å². The van der Waals surface area contributed by atoms with E-state index >= 15 is 0 Å². The lowest BCUT2D eigenvalue weighted by atomic mass is 10.3. The summed E-state index contributed by atoms with van der Waals surface area (Å²) in [6.07, 6.45) is 1.77. The van der Waals surface area contributed by atoms with Crippen molar-refractivity contribution in [2.45, 2.75) is 0 Å². The number of pyridine rings is 1. The van der Waals surface area contributed by atoms with E-state index in [-0.39, 0.29) is 0 Å². The van der Waals surface area contributed by atoms with Gasteiger partial charge in [0.2, 0.25) is 0 Å². The first kappa shape index (κ1) is 8.33. The number of hydrogen-bond donors (Lipinski definition) is 2. The van der Waals surface area contributed by atoms with Gasteiger partial charge >= 0.3 is 0 Å². The molecule has 2 rings (SSSR count). The van der Waals surface area contributed by atoms with Crippen LogP contribution < -0.4 is 5.73 Å². The van der Waals surface area contributed by atoms with Crippen molar-refractivity contribution < 1.29 is 0 Å². The maximum atomic E-state index is 5.46. The number of nitrogen functional groups attached to an aromatic ring is 1. The molecule has 0 aliphatic heterocycles. The molecule has 2 aromatic heterocycles. The van der Waals surface area contributed by atoms with Crippen molar-refractivity contribution in [1.82, 2.24) is 14.3 Å². The molecule has 0 amide bonds. The van der Waals surface area contributed by atoms with E-state index in [0.29, 0.717) is 15.6 Å². The maximum absolute atomic E-state index is 5.46. The average molecular weight is 210 g/mol. The van der Waals surface area contributed by atoms with Crippen molar-refractivity contribution in [3.63, 3.8) is 0 Å². The van der Waals surface area contributed by atoms with E-state index < -0.39 is 0 Å². The Kier molecular flexibility index (Phi) is 2.07. The minimum absolute atomic E-state index is 0.470. The second-order valence-electron chi connectivity index (χ2n) is 2.40. The summed E-state index contributed by atoms with van der Waals surface area (Å²) in [7, 11) is 0. The quantitative estimate of drug-likeness (QED) is 0.705. The fourth-order valence-electron chi connectivity index (χ4n) is 0.902. The van der Waals surface area contributed by atoms with E-state index in [1.165, 1.54) is 11.5 Å². The molecule has 0 bridgehead atoms. The number of H-pyrrole nitrogens is 1. The van der Waals surface area contributed by atoms with Gasteiger partial charge in [0.15, 0.2) is 11.0 Å². The summed E-state index contributed by atoms with van der Waals surface area (Å²) < 4.78 is 4.75. The van der Waals surface area contributed by atoms with Crippen LogP contribution in [0.25, 0.3) is 11.4 Å². The molecule has 4 nitrogen and oxygen atoms in total. The zero-order valence-electron chi connectivity index (χ0n) is 6.52. The van der Waals surface area contributed by atoms with Crippen molar-refractivity contribution in [3.8, 4) is 11.4 Å². The van der Waals surface area contributed by atoms with Crippen LogP contribution in [0.4, 0.5) is 5.13 Å². The standard InChI is InChI=1S/C7H6N4S2/c8-7-10-6(11-13-7)4-1-2-5(12)9-3-4/h1-3H,(H,9,12)(H2,8,10,11). The van der Waals surface area contributed by atoms with Crippen LogP contribution in [-0.2, 0) is 0 Å². The number of hydrogen-bond acceptors (Lipinski definition) is 5. The molecule has 0 unspecified atom stereocenters. The highest BCUT2D eigenvalue weighted by Crippen LogP contribution is 2.17. The summed E-state index contributed by atoms with van der Waals surface area (Å²) in [5.41, 5.74) is 6.35. The molecule has 0 spiro atoms. The molecular weight excluding hydrogens is 204 g/mol. The van der Waals surface area contributed by atoms with E-state index in [9.17, 15) is 0 Å². The lowest BCUT2D eigenvalue weighted by Gasteiger charge is -1.92. The zero-order chi connectivity index (χ0) is 9.26. The van der Waals surface area contributed by atoms with Crippen LogP contribution in [0.1, 0.15) is 0 Å². The van der Waals surface area contributed by atoms with Gasteiger partial charge in [-0.3, -0.25) is 0 Å². The summed E-state index contributed by atoms with van der Waals surface area (Å²) >= 11 is 6.09. The van der Waals surface area contributed by atoms with Crippen LogP contribution in [0.3, 0.4) is 0 Å². The minimum atomic E-state index is 0.470. The molecule has 0 aliphatic rings. The summed E-state index contributed by atoms with van der Waals surface area (Å²) in [5.74, 6) is 0.633. The van der Waals surface area contributed by atoms with Crippen LogP contribution in [0, 0.1) is 4.64 Å².